The van der Waals surface area contributed by atoms with Crippen molar-refractivity contribution in [2.75, 3.05) is 0 Å². The third-order valence-electron chi connectivity index (χ3n) is 2.98. The van der Waals surface area contributed by atoms with Crippen LogP contribution >= 0.6 is 11.8 Å². The van der Waals surface area contributed by atoms with Crippen molar-refractivity contribution in [3.63, 3.8) is 0 Å². The highest BCUT2D eigenvalue weighted by Crippen LogP contribution is 2.45. The number of nitrogens with zero attached hydrogens (tertiary/aromatic N) is 1. The van der Waals surface area contributed by atoms with Gasteiger partial charge in [0.1, 0.15) is 0 Å². The lowest BCUT2D eigenvalue weighted by atomic mass is 10.1. The minimum Gasteiger partial charge on any atom is -0.246 e. The van der Waals surface area contributed by atoms with Gasteiger partial charge >= 0.3 is 0 Å². The Morgan fingerprint density at radius 1 is 0.938 bits per heavy atom. The SMILES string of the molecule is Cc1ccc2c(c1C)[N]c1ccccc1S2. The highest BCUT2D eigenvalue weighted by Gasteiger charge is 2.18. The summed E-state index contributed by atoms with van der Waals surface area (Å²) in [5.41, 5.74) is 4.83. The minimum atomic E-state index is 1.09. The normalized spacial score (nSPS) is 12.6. The average molecular weight is 226 g/mol. The molecule has 0 atom stereocenters. The van der Waals surface area contributed by atoms with Crippen LogP contribution in [0.25, 0.3) is 0 Å². The molecule has 1 heterocycles. The van der Waals surface area contributed by atoms with Crippen LogP contribution in [0.5, 0.6) is 0 Å². The number of para-hydroxylation sites is 1. The minimum absolute atomic E-state index is 1.09. The molecule has 0 saturated carbocycles. The first-order valence-corrected chi connectivity index (χ1v) is 6.16. The van der Waals surface area contributed by atoms with Crippen LogP contribution in [0.2, 0.25) is 0 Å². The molecule has 1 nitrogen and oxygen atoms in total. The van der Waals surface area contributed by atoms with Crippen molar-refractivity contribution >= 4 is 23.1 Å². The van der Waals surface area contributed by atoms with Crippen molar-refractivity contribution < 1.29 is 0 Å². The topological polar surface area (TPSA) is 14.1 Å². The summed E-state index contributed by atoms with van der Waals surface area (Å²) in [4.78, 5) is 2.51. The standard InChI is InChI=1S/C14H12NS/c1-9-7-8-13-14(10(9)2)15-11-5-3-4-6-12(11)16-13/h3-8H,1-2H3. The summed E-state index contributed by atoms with van der Waals surface area (Å²) in [6, 6.07) is 12.6. The predicted molar refractivity (Wildman–Crippen MR) is 67.9 cm³/mol. The highest BCUT2D eigenvalue weighted by molar-refractivity contribution is 7.99. The van der Waals surface area contributed by atoms with Gasteiger partial charge in [0.05, 0.1) is 11.4 Å². The first kappa shape index (κ1) is 9.79. The van der Waals surface area contributed by atoms with E-state index in [1.807, 2.05) is 17.8 Å². The van der Waals surface area contributed by atoms with Crippen molar-refractivity contribution in [2.45, 2.75) is 23.6 Å². The Hall–Kier alpha value is -1.41. The van der Waals surface area contributed by atoms with Crippen molar-refractivity contribution in [2.24, 2.45) is 0 Å². The van der Waals surface area contributed by atoms with Gasteiger partial charge in [0.15, 0.2) is 0 Å². The van der Waals surface area contributed by atoms with Crippen LogP contribution in [0.3, 0.4) is 0 Å². The lowest BCUT2D eigenvalue weighted by molar-refractivity contribution is 1.05. The molecular weight excluding hydrogens is 214 g/mol. The predicted octanol–water partition coefficient (Wildman–Crippen LogP) is 4.34. The Bertz CT molecular complexity index is 561. The maximum Gasteiger partial charge on any atom is 0.0808 e. The van der Waals surface area contributed by atoms with Gasteiger partial charge in [-0.05, 0) is 43.2 Å². The van der Waals surface area contributed by atoms with E-state index in [1.54, 1.807) is 0 Å². The summed E-state index contributed by atoms with van der Waals surface area (Å²) >= 11 is 1.81. The number of hydrogen-bond donors (Lipinski definition) is 0. The van der Waals surface area contributed by atoms with E-state index in [0.717, 1.165) is 11.4 Å². The zero-order valence-electron chi connectivity index (χ0n) is 9.32. The molecule has 1 aliphatic rings. The van der Waals surface area contributed by atoms with Gasteiger partial charge in [0.25, 0.3) is 0 Å². The Labute approximate surface area is 99.9 Å². The molecule has 0 aromatic heterocycles. The highest BCUT2D eigenvalue weighted by atomic mass is 32.2. The molecule has 0 fully saturated rings. The van der Waals surface area contributed by atoms with E-state index in [-0.39, 0.29) is 0 Å². The van der Waals surface area contributed by atoms with Crippen molar-refractivity contribution in [3.8, 4) is 0 Å². The maximum absolute atomic E-state index is 4.75. The van der Waals surface area contributed by atoms with Gasteiger partial charge in [-0.1, -0.05) is 30.0 Å². The molecular formula is C14H12NS. The van der Waals surface area contributed by atoms with Crippen LogP contribution in [0, 0.1) is 13.8 Å². The summed E-state index contributed by atoms with van der Waals surface area (Å²) in [6.45, 7) is 4.28. The molecule has 0 spiro atoms. The van der Waals surface area contributed by atoms with Gasteiger partial charge in [-0.3, -0.25) is 0 Å². The molecule has 2 aromatic carbocycles. The fourth-order valence-electron chi connectivity index (χ4n) is 1.87. The molecule has 0 N–H and O–H groups in total. The van der Waals surface area contributed by atoms with E-state index in [0.29, 0.717) is 0 Å². The van der Waals surface area contributed by atoms with Crippen LogP contribution < -0.4 is 5.32 Å². The first-order valence-electron chi connectivity index (χ1n) is 5.34. The van der Waals surface area contributed by atoms with Crippen molar-refractivity contribution in [3.05, 3.63) is 47.5 Å². The zero-order valence-corrected chi connectivity index (χ0v) is 10.1. The van der Waals surface area contributed by atoms with Gasteiger partial charge in [-0.15, -0.1) is 0 Å². The molecule has 0 bridgehead atoms. The number of benzene rings is 2. The number of hydrogen-bond acceptors (Lipinski definition) is 1. The first-order chi connectivity index (χ1) is 7.75. The summed E-state index contributed by atoms with van der Waals surface area (Å²) < 4.78 is 0. The summed E-state index contributed by atoms with van der Waals surface area (Å²) in [5, 5.41) is 4.75. The average Bonchev–Trinajstić information content (AvgIpc) is 2.32. The van der Waals surface area contributed by atoms with Crippen LogP contribution in [-0.4, -0.2) is 0 Å². The number of fused-ring (bicyclic) bond motifs is 2. The molecule has 1 aliphatic heterocycles. The Balaban J connectivity index is 2.16. The third kappa shape index (κ3) is 1.41. The van der Waals surface area contributed by atoms with Crippen LogP contribution in [0.1, 0.15) is 11.1 Å². The molecule has 3 rings (SSSR count). The van der Waals surface area contributed by atoms with Gasteiger partial charge in [0, 0.05) is 9.79 Å². The van der Waals surface area contributed by atoms with E-state index in [4.69, 9.17) is 5.32 Å². The molecule has 2 heteroatoms. The molecule has 79 valence electrons. The second-order valence-corrected chi connectivity index (χ2v) is 5.12. The van der Waals surface area contributed by atoms with Crippen molar-refractivity contribution in [1.82, 2.24) is 5.32 Å². The third-order valence-corrected chi connectivity index (χ3v) is 4.10. The van der Waals surface area contributed by atoms with E-state index < -0.39 is 0 Å². The van der Waals surface area contributed by atoms with Crippen LogP contribution in [-0.2, 0) is 0 Å². The van der Waals surface area contributed by atoms with Crippen LogP contribution in [0.4, 0.5) is 11.4 Å². The molecule has 2 aromatic rings. The van der Waals surface area contributed by atoms with E-state index in [2.05, 4.69) is 44.2 Å². The molecule has 0 amide bonds. The smallest absolute Gasteiger partial charge is 0.0808 e. The molecule has 0 saturated heterocycles. The van der Waals surface area contributed by atoms with E-state index in [1.165, 1.54) is 20.9 Å². The van der Waals surface area contributed by atoms with Gasteiger partial charge in [-0.25, -0.2) is 5.32 Å². The molecule has 0 aliphatic carbocycles. The Morgan fingerprint density at radius 2 is 1.75 bits per heavy atom. The Kier molecular flexibility index (Phi) is 2.18. The number of aryl methyl sites for hydroxylation is 1. The van der Waals surface area contributed by atoms with Crippen molar-refractivity contribution in [1.29, 1.82) is 0 Å². The lowest BCUT2D eigenvalue weighted by Gasteiger charge is -2.20. The summed E-state index contributed by atoms with van der Waals surface area (Å²) in [6.07, 6.45) is 0. The molecule has 1 radical (unpaired) electrons. The van der Waals surface area contributed by atoms with E-state index >= 15 is 0 Å². The number of rotatable bonds is 0. The van der Waals surface area contributed by atoms with Gasteiger partial charge in [-0.2, -0.15) is 0 Å². The molecule has 16 heavy (non-hydrogen) atoms. The largest absolute Gasteiger partial charge is 0.246 e. The van der Waals surface area contributed by atoms with E-state index in [9.17, 15) is 0 Å². The molecule has 0 unspecified atom stereocenters. The fourth-order valence-corrected chi connectivity index (χ4v) is 2.91. The second-order valence-electron chi connectivity index (χ2n) is 4.04. The summed E-state index contributed by atoms with van der Waals surface area (Å²) in [7, 11) is 0. The lowest BCUT2D eigenvalue weighted by Crippen LogP contribution is -2.01. The van der Waals surface area contributed by atoms with Crippen LogP contribution in [0.15, 0.2) is 46.2 Å². The zero-order chi connectivity index (χ0) is 11.1. The maximum atomic E-state index is 4.75. The quantitative estimate of drug-likeness (QED) is 0.556. The van der Waals surface area contributed by atoms with Gasteiger partial charge in [0.2, 0.25) is 0 Å². The monoisotopic (exact) mass is 226 g/mol. The summed E-state index contributed by atoms with van der Waals surface area (Å²) in [5.74, 6) is 0. The fraction of sp³-hybridized carbons (Fsp3) is 0.143. The second kappa shape index (κ2) is 3.56. The Morgan fingerprint density at radius 3 is 2.62 bits per heavy atom. The van der Waals surface area contributed by atoms with Gasteiger partial charge < -0.3 is 0 Å².